The van der Waals surface area contributed by atoms with Crippen molar-refractivity contribution < 1.29 is 39.9 Å². The lowest BCUT2D eigenvalue weighted by atomic mass is 9.75. The Bertz CT molecular complexity index is 1380. The number of ether oxygens (including phenoxy) is 2. The van der Waals surface area contributed by atoms with Crippen LogP contribution in [-0.2, 0) is 34.0 Å². The number of halogens is 3. The van der Waals surface area contributed by atoms with Gasteiger partial charge in [0.2, 0.25) is 5.91 Å². The summed E-state index contributed by atoms with van der Waals surface area (Å²) < 4.78 is 92.7. The van der Waals surface area contributed by atoms with Crippen molar-refractivity contribution in [2.75, 3.05) is 31.8 Å². The maximum absolute atomic E-state index is 15.3. The highest BCUT2D eigenvalue weighted by Gasteiger charge is 2.61. The molecule has 1 amide bonds. The molecule has 1 fully saturated rings. The van der Waals surface area contributed by atoms with Crippen molar-refractivity contribution in [3.05, 3.63) is 58.6 Å². The highest BCUT2D eigenvalue weighted by Crippen LogP contribution is 2.55. The first-order chi connectivity index (χ1) is 16.9. The highest BCUT2D eigenvalue weighted by molar-refractivity contribution is 7.92. The molecule has 8 nitrogen and oxygen atoms in total. The Hall–Kier alpha value is -2.28. The van der Waals surface area contributed by atoms with E-state index in [1.54, 1.807) is 0 Å². The molecule has 0 saturated carbocycles. The van der Waals surface area contributed by atoms with Gasteiger partial charge in [-0.1, -0.05) is 11.6 Å². The van der Waals surface area contributed by atoms with Gasteiger partial charge in [-0.05, 0) is 49.2 Å². The molecule has 1 N–H and O–H groups in total. The Kier molecular flexibility index (Phi) is 7.35. The summed E-state index contributed by atoms with van der Waals surface area (Å²) in [5.41, 5.74) is -0.435. The number of carbonyl (C=O) groups excluding carboxylic acids is 1. The van der Waals surface area contributed by atoms with E-state index in [9.17, 15) is 26.0 Å². The van der Waals surface area contributed by atoms with Gasteiger partial charge < -0.3 is 14.8 Å². The van der Waals surface area contributed by atoms with Gasteiger partial charge in [-0.2, -0.15) is 0 Å². The van der Waals surface area contributed by atoms with E-state index in [0.717, 1.165) is 12.1 Å². The van der Waals surface area contributed by atoms with Crippen LogP contribution in [0.4, 0.5) is 8.78 Å². The van der Waals surface area contributed by atoms with Gasteiger partial charge in [-0.3, -0.25) is 4.79 Å². The molecule has 0 unspecified atom stereocenters. The normalized spacial score (nSPS) is 23.8. The summed E-state index contributed by atoms with van der Waals surface area (Å²) >= 11 is 5.93. The average Bonchev–Trinajstić information content (AvgIpc) is 2.84. The zero-order valence-corrected chi connectivity index (χ0v) is 21.6. The summed E-state index contributed by atoms with van der Waals surface area (Å²) in [6.45, 7) is -0.501. The molecule has 0 spiro atoms. The number of hydrogen-bond donors (Lipinski definition) is 1. The summed E-state index contributed by atoms with van der Waals surface area (Å²) in [6, 6.07) is 7.04. The predicted molar refractivity (Wildman–Crippen MR) is 127 cm³/mol. The van der Waals surface area contributed by atoms with E-state index in [1.807, 2.05) is 0 Å². The molecule has 0 aliphatic carbocycles. The Morgan fingerprint density at radius 3 is 2.44 bits per heavy atom. The summed E-state index contributed by atoms with van der Waals surface area (Å²) in [4.78, 5) is 11.4. The Morgan fingerprint density at radius 2 is 1.78 bits per heavy atom. The second-order valence-electron chi connectivity index (χ2n) is 8.71. The van der Waals surface area contributed by atoms with Crippen LogP contribution < -0.4 is 10.1 Å². The number of amides is 1. The van der Waals surface area contributed by atoms with Crippen molar-refractivity contribution in [1.29, 1.82) is 0 Å². The molecule has 196 valence electrons. The number of carbonyl (C=O) groups is 1. The topological polar surface area (TPSA) is 116 Å². The molecule has 13 heteroatoms. The van der Waals surface area contributed by atoms with E-state index < -0.39 is 76.8 Å². The van der Waals surface area contributed by atoms with Crippen LogP contribution in [0.15, 0.2) is 41.3 Å². The lowest BCUT2D eigenvalue weighted by Gasteiger charge is -2.50. The van der Waals surface area contributed by atoms with Crippen molar-refractivity contribution in [1.82, 2.24) is 5.32 Å². The molecule has 2 aromatic carbocycles. The van der Waals surface area contributed by atoms with E-state index in [4.69, 9.17) is 21.1 Å². The minimum Gasteiger partial charge on any atom is -0.490 e. The maximum atomic E-state index is 15.3. The first-order valence-corrected chi connectivity index (χ1v) is 14.8. The fourth-order valence-electron chi connectivity index (χ4n) is 4.97. The summed E-state index contributed by atoms with van der Waals surface area (Å²) in [7, 11) is -6.94. The van der Waals surface area contributed by atoms with Crippen LogP contribution in [0.3, 0.4) is 0 Å². The lowest BCUT2D eigenvalue weighted by Crippen LogP contribution is -2.57. The molecule has 4 rings (SSSR count). The van der Waals surface area contributed by atoms with Crippen molar-refractivity contribution in [3.8, 4) is 5.75 Å². The zero-order valence-electron chi connectivity index (χ0n) is 19.2. The molecule has 0 radical (unpaired) electrons. The number of nitrogens with one attached hydrogen (secondary N) is 1. The smallest absolute Gasteiger partial charge is 0.234 e. The summed E-state index contributed by atoms with van der Waals surface area (Å²) in [5, 5.41) is 2.53. The lowest BCUT2D eigenvalue weighted by molar-refractivity contribution is -0.118. The number of rotatable bonds is 7. The van der Waals surface area contributed by atoms with Gasteiger partial charge in [0.15, 0.2) is 31.2 Å². The van der Waals surface area contributed by atoms with Crippen molar-refractivity contribution in [2.24, 2.45) is 5.92 Å². The van der Waals surface area contributed by atoms with Gasteiger partial charge in [0.05, 0.1) is 28.9 Å². The van der Waals surface area contributed by atoms with Crippen LogP contribution in [-0.4, -0.2) is 60.6 Å². The van der Waals surface area contributed by atoms with Crippen LogP contribution >= 0.6 is 11.6 Å². The minimum absolute atomic E-state index is 0.152. The van der Waals surface area contributed by atoms with Crippen LogP contribution in [0.2, 0.25) is 5.02 Å². The minimum atomic E-state index is -4.40. The van der Waals surface area contributed by atoms with E-state index in [1.165, 1.54) is 31.3 Å². The second-order valence-corrected chi connectivity index (χ2v) is 13.5. The molecule has 2 heterocycles. The average molecular weight is 564 g/mol. The summed E-state index contributed by atoms with van der Waals surface area (Å²) in [5.74, 6) is -5.33. The third kappa shape index (κ3) is 4.59. The molecule has 2 aliphatic rings. The molecule has 0 bridgehead atoms. The van der Waals surface area contributed by atoms with Crippen LogP contribution in [0, 0.1) is 17.6 Å². The van der Waals surface area contributed by atoms with Crippen molar-refractivity contribution in [3.63, 3.8) is 0 Å². The standard InChI is InChI=1S/C23H24ClF2NO7S2/c1-27-20(28)13-35(29,30)11-8-19-16-12-34-22-18(26)7-6-17(25)21(22)23(16,9-10-33-19)36(31,32)15-4-2-14(24)3-5-15/h2-7,16,19H,8-13H2,1H3,(H,27,28)/t16-,19-,23-/m0/s1. The SMILES string of the molecule is CNC(=O)CS(=O)(=O)CC[C@@H]1OCC[C@@]2(S(=O)(=O)c3ccc(Cl)cc3)c3c(F)ccc(F)c3OC[C@@H]12. The molecule has 1 saturated heterocycles. The number of benzene rings is 2. The first kappa shape index (κ1) is 26.8. The van der Waals surface area contributed by atoms with Gasteiger partial charge in [0, 0.05) is 24.6 Å². The molecule has 3 atom stereocenters. The van der Waals surface area contributed by atoms with Crippen LogP contribution in [0.25, 0.3) is 0 Å². The van der Waals surface area contributed by atoms with Gasteiger partial charge in [-0.15, -0.1) is 0 Å². The zero-order chi connectivity index (χ0) is 26.3. The van der Waals surface area contributed by atoms with Gasteiger partial charge in [0.25, 0.3) is 0 Å². The Morgan fingerprint density at radius 1 is 1.11 bits per heavy atom. The van der Waals surface area contributed by atoms with Crippen LogP contribution in [0.1, 0.15) is 18.4 Å². The Labute approximate surface area is 212 Å². The first-order valence-electron chi connectivity index (χ1n) is 11.1. The largest absolute Gasteiger partial charge is 0.490 e. The molecule has 2 aliphatic heterocycles. The van der Waals surface area contributed by atoms with Gasteiger partial charge in [-0.25, -0.2) is 25.6 Å². The van der Waals surface area contributed by atoms with E-state index in [2.05, 4.69) is 5.32 Å². The quantitative estimate of drug-likeness (QED) is 0.550. The molecule has 0 aromatic heterocycles. The van der Waals surface area contributed by atoms with Crippen molar-refractivity contribution in [2.45, 2.75) is 28.6 Å². The third-order valence-electron chi connectivity index (χ3n) is 6.69. The fraction of sp³-hybridized carbons (Fsp3) is 0.435. The number of fused-ring (bicyclic) bond motifs is 3. The van der Waals surface area contributed by atoms with E-state index >= 15 is 4.39 Å². The molecular weight excluding hydrogens is 540 g/mol. The number of hydrogen-bond acceptors (Lipinski definition) is 7. The fourth-order valence-corrected chi connectivity index (χ4v) is 8.72. The summed E-state index contributed by atoms with van der Waals surface area (Å²) in [6.07, 6.45) is -1.37. The molecule has 2 aromatic rings. The van der Waals surface area contributed by atoms with Crippen LogP contribution in [0.5, 0.6) is 5.75 Å². The maximum Gasteiger partial charge on any atom is 0.234 e. The molecule has 36 heavy (non-hydrogen) atoms. The van der Waals surface area contributed by atoms with E-state index in [0.29, 0.717) is 5.02 Å². The second kappa shape index (κ2) is 9.88. The Balaban J connectivity index is 1.82. The third-order valence-corrected chi connectivity index (χ3v) is 11.1. The monoisotopic (exact) mass is 563 g/mol. The van der Waals surface area contributed by atoms with Gasteiger partial charge >= 0.3 is 0 Å². The van der Waals surface area contributed by atoms with Crippen molar-refractivity contribution >= 4 is 37.2 Å². The highest BCUT2D eigenvalue weighted by atomic mass is 35.5. The number of sulfone groups is 2. The molecular formula is C23H24ClF2NO7S2. The van der Waals surface area contributed by atoms with E-state index in [-0.39, 0.29) is 31.0 Å². The predicted octanol–water partition coefficient (Wildman–Crippen LogP) is 2.64. The van der Waals surface area contributed by atoms with Gasteiger partial charge in [0.1, 0.15) is 16.3 Å².